The topological polar surface area (TPSA) is 130 Å². The molecule has 0 aliphatic heterocycles. The number of carboxylic acid groups (broad SMARTS) is 2. The summed E-state index contributed by atoms with van der Waals surface area (Å²) in [5.74, 6) is -3.26. The second-order valence-corrected chi connectivity index (χ2v) is 3.26. The number of carbonyl (C=O) groups is 3. The van der Waals surface area contributed by atoms with Crippen LogP contribution in [0.15, 0.2) is 10.7 Å². The molecule has 0 saturated carbocycles. The number of aromatic nitrogens is 1. The third kappa shape index (κ3) is 3.30. The van der Waals surface area contributed by atoms with Gasteiger partial charge in [-0.3, -0.25) is 9.59 Å². The first-order chi connectivity index (χ1) is 7.91. The first-order valence-corrected chi connectivity index (χ1v) is 4.58. The molecule has 0 aliphatic rings. The van der Waals surface area contributed by atoms with Gasteiger partial charge in [0.05, 0.1) is 12.6 Å². The molecule has 0 spiro atoms. The lowest BCUT2D eigenvalue weighted by atomic mass is 10.2. The van der Waals surface area contributed by atoms with Crippen molar-refractivity contribution in [2.75, 3.05) is 0 Å². The molecule has 1 amide bonds. The van der Waals surface area contributed by atoms with E-state index >= 15 is 0 Å². The lowest BCUT2D eigenvalue weighted by molar-refractivity contribution is -0.145. The summed E-state index contributed by atoms with van der Waals surface area (Å²) in [5, 5.41) is 22.6. The van der Waals surface area contributed by atoms with Crippen molar-refractivity contribution < 1.29 is 29.1 Å². The summed E-state index contributed by atoms with van der Waals surface area (Å²) in [5.41, 5.74) is 0.0710. The zero-order chi connectivity index (χ0) is 13.0. The minimum atomic E-state index is -1.49. The van der Waals surface area contributed by atoms with Crippen molar-refractivity contribution in [3.8, 4) is 0 Å². The second-order valence-electron chi connectivity index (χ2n) is 3.26. The van der Waals surface area contributed by atoms with Crippen molar-refractivity contribution in [2.45, 2.75) is 19.4 Å². The second kappa shape index (κ2) is 5.10. The molecule has 0 fully saturated rings. The first kappa shape index (κ1) is 12.7. The highest BCUT2D eigenvalue weighted by molar-refractivity contribution is 5.97. The number of rotatable bonds is 5. The standard InChI is InChI=1S/C9H10N2O6/c1-4-5(3-10-17-4)8(14)11-6(9(15)16)2-7(12)13/h3,6H,2H2,1H3,(H,11,14)(H,12,13)(H,15,16). The number of carboxylic acids is 2. The Hall–Kier alpha value is -2.38. The summed E-state index contributed by atoms with van der Waals surface area (Å²) < 4.78 is 4.63. The Kier molecular flexibility index (Phi) is 3.81. The molecule has 0 bridgehead atoms. The molecule has 0 radical (unpaired) electrons. The van der Waals surface area contributed by atoms with Gasteiger partial charge in [0.1, 0.15) is 17.4 Å². The number of carbonyl (C=O) groups excluding carboxylic acids is 1. The lowest BCUT2D eigenvalue weighted by Crippen LogP contribution is -2.42. The Morgan fingerprint density at radius 1 is 1.47 bits per heavy atom. The van der Waals surface area contributed by atoms with Gasteiger partial charge in [0.15, 0.2) is 0 Å². The highest BCUT2D eigenvalue weighted by atomic mass is 16.5. The number of hydrogen-bond acceptors (Lipinski definition) is 5. The number of amides is 1. The van der Waals surface area contributed by atoms with E-state index in [-0.39, 0.29) is 11.3 Å². The molecule has 8 heteroatoms. The van der Waals surface area contributed by atoms with Crippen LogP contribution in [-0.4, -0.2) is 39.3 Å². The van der Waals surface area contributed by atoms with Crippen LogP contribution in [0.2, 0.25) is 0 Å². The van der Waals surface area contributed by atoms with Crippen molar-refractivity contribution in [1.82, 2.24) is 10.5 Å². The van der Waals surface area contributed by atoms with Gasteiger partial charge >= 0.3 is 11.9 Å². The maximum Gasteiger partial charge on any atom is 0.326 e. The average molecular weight is 242 g/mol. The van der Waals surface area contributed by atoms with Gasteiger partial charge in [-0.25, -0.2) is 4.79 Å². The van der Waals surface area contributed by atoms with Crippen molar-refractivity contribution >= 4 is 17.8 Å². The quantitative estimate of drug-likeness (QED) is 0.642. The molecule has 3 N–H and O–H groups in total. The van der Waals surface area contributed by atoms with E-state index in [1.54, 1.807) is 0 Å². The van der Waals surface area contributed by atoms with E-state index in [9.17, 15) is 14.4 Å². The zero-order valence-corrected chi connectivity index (χ0v) is 8.84. The molecule has 1 aromatic rings. The van der Waals surface area contributed by atoms with Crippen molar-refractivity contribution in [2.24, 2.45) is 0 Å². The predicted molar refractivity (Wildman–Crippen MR) is 52.4 cm³/mol. The van der Waals surface area contributed by atoms with Gasteiger partial charge in [-0.2, -0.15) is 0 Å². The van der Waals surface area contributed by atoms with E-state index < -0.39 is 30.3 Å². The van der Waals surface area contributed by atoms with Gasteiger partial charge in [0.2, 0.25) is 0 Å². The van der Waals surface area contributed by atoms with E-state index in [0.717, 1.165) is 6.20 Å². The third-order valence-electron chi connectivity index (χ3n) is 1.98. The van der Waals surface area contributed by atoms with Gasteiger partial charge in [0, 0.05) is 0 Å². The van der Waals surface area contributed by atoms with Crippen LogP contribution in [0.1, 0.15) is 22.5 Å². The number of nitrogens with zero attached hydrogens (tertiary/aromatic N) is 1. The van der Waals surface area contributed by atoms with E-state index in [0.29, 0.717) is 0 Å². The van der Waals surface area contributed by atoms with Gasteiger partial charge < -0.3 is 20.1 Å². The van der Waals surface area contributed by atoms with Crippen molar-refractivity contribution in [3.63, 3.8) is 0 Å². The molecule has 0 aliphatic carbocycles. The van der Waals surface area contributed by atoms with Gasteiger partial charge in [-0.05, 0) is 6.92 Å². The number of aliphatic carboxylic acids is 2. The minimum absolute atomic E-state index is 0.0710. The van der Waals surface area contributed by atoms with Crippen LogP contribution in [0, 0.1) is 6.92 Å². The van der Waals surface area contributed by atoms with Crippen LogP contribution in [0.3, 0.4) is 0 Å². The molecule has 1 heterocycles. The Morgan fingerprint density at radius 2 is 2.12 bits per heavy atom. The largest absolute Gasteiger partial charge is 0.481 e. The normalized spacial score (nSPS) is 11.8. The SMILES string of the molecule is Cc1oncc1C(=O)NC(CC(=O)O)C(=O)O. The van der Waals surface area contributed by atoms with Crippen molar-refractivity contribution in [3.05, 3.63) is 17.5 Å². The Bertz CT molecular complexity index is 452. The zero-order valence-electron chi connectivity index (χ0n) is 8.84. The van der Waals surface area contributed by atoms with Crippen LogP contribution < -0.4 is 5.32 Å². The minimum Gasteiger partial charge on any atom is -0.481 e. The van der Waals surface area contributed by atoms with E-state index in [1.165, 1.54) is 6.92 Å². The molecule has 1 unspecified atom stereocenters. The Morgan fingerprint density at radius 3 is 2.53 bits per heavy atom. The van der Waals surface area contributed by atoms with E-state index in [2.05, 4.69) is 15.0 Å². The maximum absolute atomic E-state index is 11.6. The molecule has 1 aromatic heterocycles. The van der Waals surface area contributed by atoms with Crippen LogP contribution in [0.4, 0.5) is 0 Å². The van der Waals surface area contributed by atoms with Gasteiger partial charge in [-0.15, -0.1) is 0 Å². The number of hydrogen-bond donors (Lipinski definition) is 3. The molecule has 1 atom stereocenters. The van der Waals surface area contributed by atoms with Crippen molar-refractivity contribution in [1.29, 1.82) is 0 Å². The smallest absolute Gasteiger partial charge is 0.326 e. The van der Waals surface area contributed by atoms with E-state index in [1.807, 2.05) is 0 Å². The van der Waals surface area contributed by atoms with Crippen LogP contribution in [0.5, 0.6) is 0 Å². The van der Waals surface area contributed by atoms with Crippen LogP contribution in [0.25, 0.3) is 0 Å². The molecule has 0 saturated heterocycles. The first-order valence-electron chi connectivity index (χ1n) is 4.58. The maximum atomic E-state index is 11.6. The number of aryl methyl sites for hydroxylation is 1. The van der Waals surface area contributed by atoms with Gasteiger partial charge in [-0.1, -0.05) is 5.16 Å². The summed E-state index contributed by atoms with van der Waals surface area (Å²) in [6, 6.07) is -1.49. The molecular formula is C9H10N2O6. The summed E-state index contributed by atoms with van der Waals surface area (Å²) in [4.78, 5) is 32.7. The Labute approximate surface area is 95.2 Å². The lowest BCUT2D eigenvalue weighted by Gasteiger charge is -2.11. The summed E-state index contributed by atoms with van der Waals surface area (Å²) in [7, 11) is 0. The molecular weight excluding hydrogens is 232 g/mol. The summed E-state index contributed by atoms with van der Waals surface area (Å²) in [6.07, 6.45) is 0.426. The summed E-state index contributed by atoms with van der Waals surface area (Å²) in [6.45, 7) is 1.48. The van der Waals surface area contributed by atoms with Gasteiger partial charge in [0.25, 0.3) is 5.91 Å². The molecule has 92 valence electrons. The highest BCUT2D eigenvalue weighted by Crippen LogP contribution is 2.06. The third-order valence-corrected chi connectivity index (χ3v) is 1.98. The molecule has 8 nitrogen and oxygen atoms in total. The predicted octanol–water partition coefficient (Wildman–Crippen LogP) is -0.359. The summed E-state index contributed by atoms with van der Waals surface area (Å²) >= 11 is 0. The Balaban J connectivity index is 2.74. The van der Waals surface area contributed by atoms with Crippen LogP contribution in [-0.2, 0) is 9.59 Å². The fourth-order valence-electron chi connectivity index (χ4n) is 1.13. The monoisotopic (exact) mass is 242 g/mol. The fourth-order valence-corrected chi connectivity index (χ4v) is 1.13. The fraction of sp³-hybridized carbons (Fsp3) is 0.333. The molecule has 17 heavy (non-hydrogen) atoms. The number of nitrogens with one attached hydrogen (secondary N) is 1. The van der Waals surface area contributed by atoms with E-state index in [4.69, 9.17) is 10.2 Å². The van der Waals surface area contributed by atoms with Crippen LogP contribution >= 0.6 is 0 Å². The highest BCUT2D eigenvalue weighted by Gasteiger charge is 2.25. The molecule has 0 aromatic carbocycles. The molecule has 1 rings (SSSR count). The average Bonchev–Trinajstić information content (AvgIpc) is 2.62.